The molecule has 1 heterocycles. The van der Waals surface area contributed by atoms with E-state index in [4.69, 9.17) is 4.74 Å². The summed E-state index contributed by atoms with van der Waals surface area (Å²) in [6, 6.07) is 0. The Bertz CT molecular complexity index is 339. The standard InChI is InChI=1S/C12H20N2O2S/c1-9-14-6-12(17-9)5-13-4-11(15)8-16-7-10-2-3-10/h6,10-11,13,15H,2-5,7-8H2,1H3. The first-order chi connectivity index (χ1) is 8.24. The molecule has 2 rings (SSSR count). The predicted octanol–water partition coefficient (Wildman–Crippen LogP) is 1.33. The van der Waals surface area contributed by atoms with Gasteiger partial charge >= 0.3 is 0 Å². The molecule has 4 nitrogen and oxygen atoms in total. The molecule has 0 aliphatic heterocycles. The van der Waals surface area contributed by atoms with Gasteiger partial charge in [0, 0.05) is 30.8 Å². The summed E-state index contributed by atoms with van der Waals surface area (Å²) in [5.41, 5.74) is 0. The summed E-state index contributed by atoms with van der Waals surface area (Å²) in [7, 11) is 0. The van der Waals surface area contributed by atoms with Crippen molar-refractivity contribution >= 4 is 11.3 Å². The molecular formula is C12H20N2O2S. The largest absolute Gasteiger partial charge is 0.389 e. The molecule has 2 N–H and O–H groups in total. The summed E-state index contributed by atoms with van der Waals surface area (Å²) < 4.78 is 5.43. The number of hydrogen-bond acceptors (Lipinski definition) is 5. The Morgan fingerprint density at radius 1 is 1.65 bits per heavy atom. The molecular weight excluding hydrogens is 236 g/mol. The van der Waals surface area contributed by atoms with Gasteiger partial charge in [-0.2, -0.15) is 0 Å². The molecule has 96 valence electrons. The number of hydrogen-bond donors (Lipinski definition) is 2. The topological polar surface area (TPSA) is 54.4 Å². The van der Waals surface area contributed by atoms with Gasteiger partial charge in [-0.25, -0.2) is 4.98 Å². The van der Waals surface area contributed by atoms with Gasteiger partial charge in [-0.15, -0.1) is 11.3 Å². The summed E-state index contributed by atoms with van der Waals surface area (Å²) in [6.07, 6.45) is 4.05. The third-order valence-electron chi connectivity index (χ3n) is 2.71. The van der Waals surface area contributed by atoms with Crippen molar-refractivity contribution in [1.82, 2.24) is 10.3 Å². The number of ether oxygens (including phenoxy) is 1. The van der Waals surface area contributed by atoms with Crippen molar-refractivity contribution in [1.29, 1.82) is 0 Å². The van der Waals surface area contributed by atoms with Gasteiger partial charge in [-0.3, -0.25) is 0 Å². The summed E-state index contributed by atoms with van der Waals surface area (Å²) in [5.74, 6) is 0.760. The average molecular weight is 256 g/mol. The van der Waals surface area contributed by atoms with E-state index in [0.29, 0.717) is 13.2 Å². The van der Waals surface area contributed by atoms with E-state index < -0.39 is 6.10 Å². The lowest BCUT2D eigenvalue weighted by Gasteiger charge is -2.11. The Morgan fingerprint density at radius 2 is 2.47 bits per heavy atom. The van der Waals surface area contributed by atoms with Crippen molar-refractivity contribution in [3.63, 3.8) is 0 Å². The Labute approximate surface area is 106 Å². The van der Waals surface area contributed by atoms with Crippen molar-refractivity contribution in [3.8, 4) is 0 Å². The highest BCUT2D eigenvalue weighted by molar-refractivity contribution is 7.11. The quantitative estimate of drug-likeness (QED) is 0.737. The molecule has 5 heteroatoms. The highest BCUT2D eigenvalue weighted by Gasteiger charge is 2.21. The normalized spacial score (nSPS) is 17.3. The van der Waals surface area contributed by atoms with Gasteiger partial charge in [-0.1, -0.05) is 0 Å². The molecule has 1 unspecified atom stereocenters. The van der Waals surface area contributed by atoms with Gasteiger partial charge in [0.2, 0.25) is 0 Å². The number of aryl methyl sites for hydroxylation is 1. The molecule has 0 radical (unpaired) electrons. The Balaban J connectivity index is 1.51. The Morgan fingerprint density at radius 3 is 3.12 bits per heavy atom. The van der Waals surface area contributed by atoms with Crippen molar-refractivity contribution in [2.45, 2.75) is 32.4 Å². The maximum atomic E-state index is 9.67. The van der Waals surface area contributed by atoms with Crippen molar-refractivity contribution in [2.24, 2.45) is 5.92 Å². The predicted molar refractivity (Wildman–Crippen MR) is 68.1 cm³/mol. The number of nitrogens with one attached hydrogen (secondary N) is 1. The van der Waals surface area contributed by atoms with Crippen LogP contribution >= 0.6 is 11.3 Å². The van der Waals surface area contributed by atoms with Crippen LogP contribution in [-0.4, -0.2) is 36.0 Å². The lowest BCUT2D eigenvalue weighted by Crippen LogP contribution is -2.30. The number of aromatic nitrogens is 1. The minimum absolute atomic E-state index is 0.414. The van der Waals surface area contributed by atoms with E-state index >= 15 is 0 Å². The molecule has 1 aliphatic rings. The molecule has 1 aromatic rings. The van der Waals surface area contributed by atoms with Crippen LogP contribution in [0.25, 0.3) is 0 Å². The first-order valence-electron chi connectivity index (χ1n) is 6.12. The van der Waals surface area contributed by atoms with Crippen molar-refractivity contribution < 1.29 is 9.84 Å². The number of aliphatic hydroxyl groups is 1. The fraction of sp³-hybridized carbons (Fsp3) is 0.750. The van der Waals surface area contributed by atoms with Gasteiger partial charge in [0.15, 0.2) is 0 Å². The molecule has 0 amide bonds. The first kappa shape index (κ1) is 13.0. The lowest BCUT2D eigenvalue weighted by atomic mass is 10.3. The molecule has 0 bridgehead atoms. The van der Waals surface area contributed by atoms with Crippen LogP contribution in [0, 0.1) is 12.8 Å². The van der Waals surface area contributed by atoms with E-state index in [1.807, 2.05) is 13.1 Å². The van der Waals surface area contributed by atoms with Crippen LogP contribution in [0.15, 0.2) is 6.20 Å². The number of thiazole rings is 1. The van der Waals surface area contributed by atoms with E-state index in [1.165, 1.54) is 17.7 Å². The van der Waals surface area contributed by atoms with Gasteiger partial charge in [0.1, 0.15) is 0 Å². The molecule has 1 fully saturated rings. The maximum absolute atomic E-state index is 9.67. The van der Waals surface area contributed by atoms with Crippen LogP contribution in [-0.2, 0) is 11.3 Å². The van der Waals surface area contributed by atoms with E-state index in [1.54, 1.807) is 11.3 Å². The van der Waals surface area contributed by atoms with Gasteiger partial charge in [0.25, 0.3) is 0 Å². The SMILES string of the molecule is Cc1ncc(CNCC(O)COCC2CC2)s1. The fourth-order valence-electron chi connectivity index (χ4n) is 1.56. The van der Waals surface area contributed by atoms with Crippen molar-refractivity contribution in [3.05, 3.63) is 16.1 Å². The van der Waals surface area contributed by atoms with Gasteiger partial charge in [0.05, 0.1) is 17.7 Å². The lowest BCUT2D eigenvalue weighted by molar-refractivity contribution is 0.0324. The average Bonchev–Trinajstić information content (AvgIpc) is 3.02. The molecule has 1 atom stereocenters. The van der Waals surface area contributed by atoms with Crippen LogP contribution in [0.4, 0.5) is 0 Å². The van der Waals surface area contributed by atoms with Crippen LogP contribution < -0.4 is 5.32 Å². The zero-order chi connectivity index (χ0) is 12.1. The number of nitrogens with zero attached hydrogens (tertiary/aromatic N) is 1. The molecule has 17 heavy (non-hydrogen) atoms. The van der Waals surface area contributed by atoms with Gasteiger partial charge in [-0.05, 0) is 25.7 Å². The number of rotatable bonds is 8. The van der Waals surface area contributed by atoms with Crippen LogP contribution in [0.2, 0.25) is 0 Å². The number of aliphatic hydroxyl groups excluding tert-OH is 1. The zero-order valence-corrected chi connectivity index (χ0v) is 11.0. The molecule has 1 saturated carbocycles. The first-order valence-corrected chi connectivity index (χ1v) is 6.93. The summed E-state index contributed by atoms with van der Waals surface area (Å²) in [6.45, 7) is 4.58. The third kappa shape index (κ3) is 5.12. The minimum atomic E-state index is -0.414. The second kappa shape index (κ2) is 6.44. The summed E-state index contributed by atoms with van der Waals surface area (Å²) >= 11 is 1.68. The Hall–Kier alpha value is -0.490. The molecule has 1 aliphatic carbocycles. The van der Waals surface area contributed by atoms with Crippen LogP contribution in [0.5, 0.6) is 0 Å². The smallest absolute Gasteiger partial charge is 0.0897 e. The zero-order valence-electron chi connectivity index (χ0n) is 10.2. The van der Waals surface area contributed by atoms with E-state index in [2.05, 4.69) is 10.3 Å². The van der Waals surface area contributed by atoms with Crippen molar-refractivity contribution in [2.75, 3.05) is 19.8 Å². The third-order valence-corrected chi connectivity index (χ3v) is 3.62. The molecule has 1 aromatic heterocycles. The second-order valence-corrected chi connectivity index (χ2v) is 5.93. The molecule has 0 aromatic carbocycles. The van der Waals surface area contributed by atoms with Crippen LogP contribution in [0.3, 0.4) is 0 Å². The molecule has 0 saturated heterocycles. The monoisotopic (exact) mass is 256 g/mol. The van der Waals surface area contributed by atoms with E-state index in [0.717, 1.165) is 24.1 Å². The maximum Gasteiger partial charge on any atom is 0.0897 e. The molecule has 0 spiro atoms. The van der Waals surface area contributed by atoms with Gasteiger partial charge < -0.3 is 15.2 Å². The van der Waals surface area contributed by atoms with Crippen LogP contribution in [0.1, 0.15) is 22.7 Å². The summed E-state index contributed by atoms with van der Waals surface area (Å²) in [4.78, 5) is 5.38. The van der Waals surface area contributed by atoms with E-state index in [9.17, 15) is 5.11 Å². The highest BCUT2D eigenvalue weighted by atomic mass is 32.1. The Kier molecular flexibility index (Phi) is 4.91. The highest BCUT2D eigenvalue weighted by Crippen LogP contribution is 2.28. The summed E-state index contributed by atoms with van der Waals surface area (Å²) in [5, 5.41) is 14.0. The van der Waals surface area contributed by atoms with E-state index in [-0.39, 0.29) is 0 Å². The fourth-order valence-corrected chi connectivity index (χ4v) is 2.33. The minimum Gasteiger partial charge on any atom is -0.389 e. The second-order valence-electron chi connectivity index (χ2n) is 4.61.